The van der Waals surface area contributed by atoms with E-state index in [2.05, 4.69) is 20.6 Å². The van der Waals surface area contributed by atoms with Gasteiger partial charge in [0.1, 0.15) is 57.4 Å². The Morgan fingerprint density at radius 1 is 1.00 bits per heavy atom. The first kappa shape index (κ1) is 36.5. The number of hydrogen-bond acceptors (Lipinski definition) is 11. The number of nitrogens with zero attached hydrogens (tertiary/aromatic N) is 2. The van der Waals surface area contributed by atoms with E-state index in [0.29, 0.717) is 94.0 Å². The Morgan fingerprint density at radius 3 is 2.64 bits per heavy atom. The number of amides is 1. The van der Waals surface area contributed by atoms with Crippen molar-refractivity contribution in [3.63, 3.8) is 0 Å². The number of anilines is 2. The predicted octanol–water partition coefficient (Wildman–Crippen LogP) is 6.58. The van der Waals surface area contributed by atoms with E-state index in [9.17, 15) is 17.6 Å². The number of ether oxygens (including phenoxy) is 2. The van der Waals surface area contributed by atoms with E-state index in [4.69, 9.17) is 30.7 Å². The quantitative estimate of drug-likeness (QED) is 0.0438. The molecule has 0 aliphatic rings. The van der Waals surface area contributed by atoms with E-state index in [1.807, 2.05) is 18.2 Å². The highest BCUT2D eigenvalue weighted by Gasteiger charge is 2.17. The molecule has 12 nitrogen and oxygen atoms in total. The Balaban J connectivity index is 1.35. The molecule has 264 valence electrons. The normalized spacial score (nSPS) is 11.4. The minimum atomic E-state index is -3.09. The zero-order valence-electron chi connectivity index (χ0n) is 27.2. The number of carbonyl (C=O) groups is 1. The molecule has 0 aliphatic heterocycles. The van der Waals surface area contributed by atoms with Gasteiger partial charge in [-0.25, -0.2) is 28.3 Å². The van der Waals surface area contributed by atoms with Crippen LogP contribution in [0.25, 0.3) is 22.2 Å². The smallest absolute Gasteiger partial charge is 0.243 e. The lowest BCUT2D eigenvalue weighted by Crippen LogP contribution is -2.21. The van der Waals surface area contributed by atoms with Crippen LogP contribution in [0.15, 0.2) is 77.5 Å². The number of rotatable bonds is 18. The van der Waals surface area contributed by atoms with Crippen molar-refractivity contribution in [2.24, 2.45) is 0 Å². The van der Waals surface area contributed by atoms with Crippen molar-refractivity contribution in [3.8, 4) is 22.8 Å². The molecule has 0 saturated heterocycles. The summed E-state index contributed by atoms with van der Waals surface area (Å²) in [5, 5.41) is 16.1. The number of sulfone groups is 1. The fraction of sp³-hybridized carbons (Fsp3) is 0.286. The minimum absolute atomic E-state index is 0.0134. The SMILES string of the molecule is CS(=O)(=O)CCNCc1ccc(-c2cc3c(Nc4ccc(OCc5cccc(F)c5)c(Cl)c4)ncnc3cc2OCCCCCC(=O)NO)o1. The largest absolute Gasteiger partial charge is 0.493 e. The topological polar surface area (TPSA) is 165 Å². The van der Waals surface area contributed by atoms with E-state index in [1.54, 1.807) is 41.9 Å². The number of aromatic nitrogens is 2. The molecule has 0 spiro atoms. The van der Waals surface area contributed by atoms with E-state index >= 15 is 0 Å². The van der Waals surface area contributed by atoms with E-state index in [0.717, 1.165) is 0 Å². The summed E-state index contributed by atoms with van der Waals surface area (Å²) in [5.41, 5.74) is 4.21. The fourth-order valence-electron chi connectivity index (χ4n) is 5.00. The highest BCUT2D eigenvalue weighted by molar-refractivity contribution is 7.90. The molecular weight excluding hydrogens is 689 g/mol. The van der Waals surface area contributed by atoms with Gasteiger partial charge in [-0.3, -0.25) is 10.0 Å². The first-order valence-corrected chi connectivity index (χ1v) is 18.3. The number of fused-ring (bicyclic) bond motifs is 1. The molecule has 2 heterocycles. The summed E-state index contributed by atoms with van der Waals surface area (Å²) in [6.45, 7) is 1.14. The van der Waals surface area contributed by atoms with Crippen molar-refractivity contribution in [2.75, 3.05) is 30.5 Å². The van der Waals surface area contributed by atoms with Gasteiger partial charge in [0.2, 0.25) is 5.91 Å². The Bertz CT molecular complexity index is 2040. The lowest BCUT2D eigenvalue weighted by atomic mass is 10.1. The van der Waals surface area contributed by atoms with Gasteiger partial charge in [0, 0.05) is 36.4 Å². The van der Waals surface area contributed by atoms with Crippen molar-refractivity contribution in [1.82, 2.24) is 20.8 Å². The third-order valence-corrected chi connectivity index (χ3v) is 8.76. The monoisotopic (exact) mass is 725 g/mol. The van der Waals surface area contributed by atoms with Crippen molar-refractivity contribution >= 4 is 49.8 Å². The average Bonchev–Trinajstić information content (AvgIpc) is 3.56. The number of nitrogens with one attached hydrogen (secondary N) is 3. The van der Waals surface area contributed by atoms with Gasteiger partial charge in [-0.1, -0.05) is 23.7 Å². The number of halogens is 2. The van der Waals surface area contributed by atoms with Crippen molar-refractivity contribution in [2.45, 2.75) is 38.8 Å². The van der Waals surface area contributed by atoms with Crippen LogP contribution in [0.1, 0.15) is 37.0 Å². The molecule has 1 amide bonds. The number of carbonyl (C=O) groups excluding carboxylic acids is 1. The first-order chi connectivity index (χ1) is 24.1. The molecule has 5 aromatic rings. The number of unbranched alkanes of at least 4 members (excludes halogenated alkanes) is 2. The van der Waals surface area contributed by atoms with Gasteiger partial charge in [-0.15, -0.1) is 0 Å². The summed E-state index contributed by atoms with van der Waals surface area (Å²) in [7, 11) is -3.09. The molecule has 5 rings (SSSR count). The van der Waals surface area contributed by atoms with E-state index < -0.39 is 15.7 Å². The Hall–Kier alpha value is -4.76. The Morgan fingerprint density at radius 2 is 1.86 bits per heavy atom. The molecule has 15 heteroatoms. The van der Waals surface area contributed by atoms with Crippen LogP contribution >= 0.6 is 11.6 Å². The number of hydroxylamine groups is 1. The van der Waals surface area contributed by atoms with Crippen LogP contribution in [0, 0.1) is 5.82 Å². The van der Waals surface area contributed by atoms with Crippen LogP contribution in [-0.2, 0) is 27.8 Å². The molecule has 0 bridgehead atoms. The molecule has 2 aromatic heterocycles. The number of hydrogen-bond donors (Lipinski definition) is 4. The third-order valence-electron chi connectivity index (χ3n) is 7.52. The van der Waals surface area contributed by atoms with Gasteiger partial charge in [0.05, 0.1) is 35.0 Å². The lowest BCUT2D eigenvalue weighted by Gasteiger charge is -2.15. The second kappa shape index (κ2) is 17.3. The Kier molecular flexibility index (Phi) is 12.6. The van der Waals surface area contributed by atoms with Crippen molar-refractivity contribution in [1.29, 1.82) is 0 Å². The molecule has 0 saturated carbocycles. The summed E-state index contributed by atoms with van der Waals surface area (Å²) < 4.78 is 54.7. The third kappa shape index (κ3) is 10.6. The Labute approximate surface area is 293 Å². The summed E-state index contributed by atoms with van der Waals surface area (Å²) in [4.78, 5) is 20.3. The molecule has 0 fully saturated rings. The lowest BCUT2D eigenvalue weighted by molar-refractivity contribution is -0.129. The highest BCUT2D eigenvalue weighted by Crippen LogP contribution is 2.38. The van der Waals surface area contributed by atoms with Gasteiger partial charge in [-0.05, 0) is 73.4 Å². The molecule has 0 unspecified atom stereocenters. The number of furan rings is 1. The first-order valence-electron chi connectivity index (χ1n) is 15.8. The second-order valence-corrected chi connectivity index (χ2v) is 14.2. The standard InChI is InChI=1S/C35H37ClFN5O7S/c1-50(45,46)15-13-38-20-26-10-12-31(49-26)28-18-27-30(19-33(28)47-14-4-2-3-8-34(43)42-44)39-22-40-35(27)41-25-9-11-32(29(36)17-25)48-21-23-6-5-7-24(37)16-23/h5-7,9-12,16-19,22,38,44H,2-4,8,13-15,20-21H2,1H3,(H,42,43)(H,39,40,41). The van der Waals surface area contributed by atoms with Crippen LogP contribution < -0.4 is 25.6 Å². The minimum Gasteiger partial charge on any atom is -0.493 e. The maximum Gasteiger partial charge on any atom is 0.243 e. The van der Waals surface area contributed by atoms with Crippen molar-refractivity contribution in [3.05, 3.63) is 95.2 Å². The van der Waals surface area contributed by atoms with Gasteiger partial charge in [0.15, 0.2) is 0 Å². The van der Waals surface area contributed by atoms with Crippen molar-refractivity contribution < 1.29 is 36.7 Å². The molecule has 0 aliphatic carbocycles. The summed E-state index contributed by atoms with van der Waals surface area (Å²) in [6, 6.07) is 18.7. The molecule has 0 atom stereocenters. The number of benzene rings is 3. The van der Waals surface area contributed by atoms with Gasteiger partial charge >= 0.3 is 0 Å². The van der Waals surface area contributed by atoms with E-state index in [-0.39, 0.29) is 31.1 Å². The molecule has 0 radical (unpaired) electrons. The second-order valence-electron chi connectivity index (χ2n) is 11.5. The van der Waals surface area contributed by atoms with Crippen LogP contribution in [0.3, 0.4) is 0 Å². The van der Waals surface area contributed by atoms with Crippen LogP contribution in [-0.4, -0.2) is 54.7 Å². The molecule has 4 N–H and O–H groups in total. The van der Waals surface area contributed by atoms with E-state index in [1.165, 1.54) is 24.7 Å². The maximum absolute atomic E-state index is 13.6. The molecule has 3 aromatic carbocycles. The maximum atomic E-state index is 13.6. The molecular formula is C35H37ClFN5O7S. The zero-order chi connectivity index (χ0) is 35.5. The van der Waals surface area contributed by atoms with Crippen LogP contribution in [0.4, 0.5) is 15.9 Å². The van der Waals surface area contributed by atoms with Gasteiger partial charge < -0.3 is 24.5 Å². The van der Waals surface area contributed by atoms with Crippen LogP contribution in [0.5, 0.6) is 11.5 Å². The molecule has 50 heavy (non-hydrogen) atoms. The van der Waals surface area contributed by atoms with Crippen LogP contribution in [0.2, 0.25) is 5.02 Å². The fourth-order valence-corrected chi connectivity index (χ4v) is 5.76. The predicted molar refractivity (Wildman–Crippen MR) is 188 cm³/mol. The average molecular weight is 726 g/mol. The highest BCUT2D eigenvalue weighted by atomic mass is 35.5. The van der Waals surface area contributed by atoms with Gasteiger partial charge in [0.25, 0.3) is 0 Å². The summed E-state index contributed by atoms with van der Waals surface area (Å²) in [6.07, 6.45) is 4.83. The van der Waals surface area contributed by atoms with Gasteiger partial charge in [-0.2, -0.15) is 0 Å². The summed E-state index contributed by atoms with van der Waals surface area (Å²) >= 11 is 6.54. The summed E-state index contributed by atoms with van der Waals surface area (Å²) in [5.74, 6) is 1.85. The zero-order valence-corrected chi connectivity index (χ0v) is 28.8.